The summed E-state index contributed by atoms with van der Waals surface area (Å²) in [7, 11) is 0. The van der Waals surface area contributed by atoms with Gasteiger partial charge in [0.1, 0.15) is 6.10 Å². The zero-order chi connectivity index (χ0) is 7.28. The molecule has 0 fully saturated rings. The molecule has 3 nitrogen and oxygen atoms in total. The molecule has 0 saturated heterocycles. The van der Waals surface area contributed by atoms with Gasteiger partial charge in [0.15, 0.2) is 5.17 Å². The largest absolute Gasteiger partial charge is 0.410 e. The van der Waals surface area contributed by atoms with E-state index in [1.807, 2.05) is 6.92 Å². The molecule has 1 N–H and O–H groups in total. The molecule has 54 valence electrons. The molecule has 0 aromatic rings. The monoisotopic (exact) mass is 151 g/mol. The quantitative estimate of drug-likeness (QED) is 0.377. The Balaban J connectivity index is 3.59. The van der Waals surface area contributed by atoms with Gasteiger partial charge in [-0.1, -0.05) is 16.8 Å². The van der Waals surface area contributed by atoms with Crippen LogP contribution in [-0.4, -0.2) is 23.1 Å². The van der Waals surface area contributed by atoms with E-state index in [-0.39, 0.29) is 11.3 Å². The SMILES string of the molecule is CCOC(C)/C(Cl)=N/O. The van der Waals surface area contributed by atoms with Crippen LogP contribution >= 0.6 is 11.6 Å². The van der Waals surface area contributed by atoms with E-state index in [9.17, 15) is 0 Å². The van der Waals surface area contributed by atoms with Crippen LogP contribution in [0.5, 0.6) is 0 Å². The van der Waals surface area contributed by atoms with Gasteiger partial charge in [-0.3, -0.25) is 0 Å². The number of ether oxygens (including phenoxy) is 1. The molecule has 0 aromatic carbocycles. The Bertz CT molecular complexity index is 105. The Labute approximate surface area is 59.3 Å². The summed E-state index contributed by atoms with van der Waals surface area (Å²) in [6.45, 7) is 4.12. The van der Waals surface area contributed by atoms with Gasteiger partial charge in [0.2, 0.25) is 0 Å². The summed E-state index contributed by atoms with van der Waals surface area (Å²) in [5.41, 5.74) is 0. The van der Waals surface area contributed by atoms with Crippen molar-refractivity contribution < 1.29 is 9.94 Å². The number of nitrogens with zero attached hydrogens (tertiary/aromatic N) is 1. The van der Waals surface area contributed by atoms with E-state index in [0.29, 0.717) is 6.61 Å². The fourth-order valence-corrected chi connectivity index (χ4v) is 0.463. The fourth-order valence-electron chi connectivity index (χ4n) is 0.400. The van der Waals surface area contributed by atoms with E-state index < -0.39 is 0 Å². The van der Waals surface area contributed by atoms with Gasteiger partial charge in [0.25, 0.3) is 0 Å². The van der Waals surface area contributed by atoms with Crippen molar-refractivity contribution in [2.24, 2.45) is 5.16 Å². The van der Waals surface area contributed by atoms with Crippen molar-refractivity contribution in [2.75, 3.05) is 6.61 Å². The molecule has 0 bridgehead atoms. The van der Waals surface area contributed by atoms with E-state index in [2.05, 4.69) is 5.16 Å². The van der Waals surface area contributed by atoms with Gasteiger partial charge >= 0.3 is 0 Å². The van der Waals surface area contributed by atoms with E-state index >= 15 is 0 Å². The van der Waals surface area contributed by atoms with Crippen LogP contribution < -0.4 is 0 Å². The van der Waals surface area contributed by atoms with Gasteiger partial charge in [-0.05, 0) is 13.8 Å². The summed E-state index contributed by atoms with van der Waals surface area (Å²) in [5.74, 6) is 0. The fraction of sp³-hybridized carbons (Fsp3) is 0.800. The molecule has 0 saturated carbocycles. The molecule has 0 rings (SSSR count). The number of halogens is 1. The second kappa shape index (κ2) is 4.58. The lowest BCUT2D eigenvalue weighted by Gasteiger charge is -2.06. The van der Waals surface area contributed by atoms with Crippen molar-refractivity contribution in [1.29, 1.82) is 0 Å². The third kappa shape index (κ3) is 3.32. The second-order valence-corrected chi connectivity index (χ2v) is 1.91. The molecule has 0 aromatic heterocycles. The average Bonchev–Trinajstić information content (AvgIpc) is 1.87. The van der Waals surface area contributed by atoms with Crippen LogP contribution in [-0.2, 0) is 4.74 Å². The first-order valence-electron chi connectivity index (χ1n) is 2.71. The van der Waals surface area contributed by atoms with Crippen molar-refractivity contribution in [3.8, 4) is 0 Å². The Morgan fingerprint density at radius 2 is 2.44 bits per heavy atom. The van der Waals surface area contributed by atoms with Crippen molar-refractivity contribution in [1.82, 2.24) is 0 Å². The van der Waals surface area contributed by atoms with Gasteiger partial charge in [0, 0.05) is 6.61 Å². The highest BCUT2D eigenvalue weighted by Gasteiger charge is 2.06. The summed E-state index contributed by atoms with van der Waals surface area (Å²) < 4.78 is 4.97. The number of rotatable bonds is 3. The van der Waals surface area contributed by atoms with Crippen LogP contribution in [0.1, 0.15) is 13.8 Å². The molecule has 0 amide bonds. The zero-order valence-corrected chi connectivity index (χ0v) is 6.22. The third-order valence-corrected chi connectivity index (χ3v) is 1.23. The van der Waals surface area contributed by atoms with Crippen LogP contribution in [0.2, 0.25) is 0 Å². The Hall–Kier alpha value is -0.280. The van der Waals surface area contributed by atoms with E-state index in [1.54, 1.807) is 6.92 Å². The molecule has 0 spiro atoms. The second-order valence-electron chi connectivity index (χ2n) is 1.52. The van der Waals surface area contributed by atoms with Gasteiger partial charge in [-0.15, -0.1) is 0 Å². The average molecular weight is 152 g/mol. The van der Waals surface area contributed by atoms with Gasteiger partial charge in [-0.2, -0.15) is 0 Å². The van der Waals surface area contributed by atoms with Crippen molar-refractivity contribution in [3.05, 3.63) is 0 Å². The molecule has 9 heavy (non-hydrogen) atoms. The van der Waals surface area contributed by atoms with Crippen molar-refractivity contribution in [3.63, 3.8) is 0 Å². The Morgan fingerprint density at radius 3 is 2.78 bits per heavy atom. The topological polar surface area (TPSA) is 41.8 Å². The maximum atomic E-state index is 8.11. The summed E-state index contributed by atoms with van der Waals surface area (Å²) in [5, 5.41) is 11.0. The predicted molar refractivity (Wildman–Crippen MR) is 36.2 cm³/mol. The predicted octanol–water partition coefficient (Wildman–Crippen LogP) is 1.44. The minimum absolute atomic E-state index is 0.0804. The molecular weight excluding hydrogens is 142 g/mol. The molecule has 0 aliphatic heterocycles. The number of hydrogen-bond donors (Lipinski definition) is 1. The van der Waals surface area contributed by atoms with Gasteiger partial charge < -0.3 is 9.94 Å². The first kappa shape index (κ1) is 8.72. The van der Waals surface area contributed by atoms with Crippen LogP contribution in [0.3, 0.4) is 0 Å². The zero-order valence-electron chi connectivity index (χ0n) is 5.47. The molecule has 1 atom stereocenters. The van der Waals surface area contributed by atoms with Crippen LogP contribution in [0.4, 0.5) is 0 Å². The lowest BCUT2D eigenvalue weighted by atomic mass is 10.4. The smallest absolute Gasteiger partial charge is 0.173 e. The minimum Gasteiger partial charge on any atom is -0.410 e. The Morgan fingerprint density at radius 1 is 1.89 bits per heavy atom. The summed E-state index contributed by atoms with van der Waals surface area (Å²) in [6, 6.07) is 0. The molecule has 0 aliphatic rings. The van der Waals surface area contributed by atoms with Crippen molar-refractivity contribution >= 4 is 16.8 Å². The third-order valence-electron chi connectivity index (χ3n) is 0.848. The normalized spacial score (nSPS) is 15.7. The summed E-state index contributed by atoms with van der Waals surface area (Å²) >= 11 is 5.37. The summed E-state index contributed by atoms with van der Waals surface area (Å²) in [4.78, 5) is 0. The highest BCUT2D eigenvalue weighted by molar-refractivity contribution is 6.66. The van der Waals surface area contributed by atoms with Gasteiger partial charge in [-0.25, -0.2) is 0 Å². The lowest BCUT2D eigenvalue weighted by molar-refractivity contribution is 0.121. The first-order chi connectivity index (χ1) is 4.22. The van der Waals surface area contributed by atoms with Crippen LogP contribution in [0, 0.1) is 0 Å². The highest BCUT2D eigenvalue weighted by atomic mass is 35.5. The van der Waals surface area contributed by atoms with Gasteiger partial charge in [0.05, 0.1) is 0 Å². The molecule has 1 unspecified atom stereocenters. The van der Waals surface area contributed by atoms with E-state index in [1.165, 1.54) is 0 Å². The molecular formula is C5H10ClNO2. The van der Waals surface area contributed by atoms with Crippen LogP contribution in [0.25, 0.3) is 0 Å². The van der Waals surface area contributed by atoms with Crippen LogP contribution in [0.15, 0.2) is 5.16 Å². The Kier molecular flexibility index (Phi) is 4.44. The number of oxime groups is 1. The van der Waals surface area contributed by atoms with E-state index in [4.69, 9.17) is 21.5 Å². The molecule has 4 heteroatoms. The number of hydrogen-bond acceptors (Lipinski definition) is 3. The first-order valence-corrected chi connectivity index (χ1v) is 3.09. The standard InChI is InChI=1S/C5H10ClNO2/c1-3-9-4(2)5(6)7-8/h4,8H,3H2,1-2H3/b7-5-. The van der Waals surface area contributed by atoms with Crippen molar-refractivity contribution in [2.45, 2.75) is 20.0 Å². The van der Waals surface area contributed by atoms with E-state index in [0.717, 1.165) is 0 Å². The maximum absolute atomic E-state index is 8.11. The molecule has 0 radical (unpaired) electrons. The highest BCUT2D eigenvalue weighted by Crippen LogP contribution is 1.97. The maximum Gasteiger partial charge on any atom is 0.173 e. The molecule has 0 aliphatic carbocycles. The summed E-state index contributed by atoms with van der Waals surface area (Å²) in [6.07, 6.45) is -0.304. The molecule has 0 heterocycles. The minimum atomic E-state index is -0.304. The lowest BCUT2D eigenvalue weighted by Crippen LogP contribution is -2.15.